The van der Waals surface area contributed by atoms with E-state index in [1.807, 2.05) is 18.2 Å². The van der Waals surface area contributed by atoms with Crippen molar-refractivity contribution in [1.29, 1.82) is 0 Å². The smallest absolute Gasteiger partial charge is 0.293 e. The standard InChI is InChI=1S/C22H26N4O3/c27-22(24-18-9-10-18)17-8-11-20(21(13-17)26(28)29)23-19-7-4-12-25(15-19)14-16-5-2-1-3-6-16/h1-3,5-6,8,11,13,18-19,23H,4,7,9-10,12,14-15H2,(H,24,27). The van der Waals surface area contributed by atoms with Crippen LogP contribution in [-0.2, 0) is 6.54 Å². The van der Waals surface area contributed by atoms with Gasteiger partial charge in [-0.1, -0.05) is 30.3 Å². The fourth-order valence-corrected chi connectivity index (χ4v) is 3.82. The van der Waals surface area contributed by atoms with Crippen molar-refractivity contribution in [2.75, 3.05) is 18.4 Å². The van der Waals surface area contributed by atoms with E-state index in [0.29, 0.717) is 11.3 Å². The van der Waals surface area contributed by atoms with Crippen LogP contribution in [0.25, 0.3) is 0 Å². The van der Waals surface area contributed by atoms with Crippen LogP contribution in [-0.4, -0.2) is 40.9 Å². The van der Waals surface area contributed by atoms with Gasteiger partial charge in [0.05, 0.1) is 4.92 Å². The Kier molecular flexibility index (Phi) is 5.76. The second kappa shape index (κ2) is 8.61. The second-order valence-electron chi connectivity index (χ2n) is 7.94. The molecule has 2 aliphatic rings. The Hall–Kier alpha value is -2.93. The number of piperidine rings is 1. The number of carbonyl (C=O) groups is 1. The normalized spacial score (nSPS) is 19.5. The molecule has 1 aliphatic carbocycles. The van der Waals surface area contributed by atoms with Gasteiger partial charge in [-0.25, -0.2) is 0 Å². The van der Waals surface area contributed by atoms with Crippen LogP contribution in [0.2, 0.25) is 0 Å². The molecule has 4 rings (SSSR count). The topological polar surface area (TPSA) is 87.5 Å². The molecule has 0 bridgehead atoms. The first kappa shape index (κ1) is 19.4. The zero-order chi connectivity index (χ0) is 20.2. The predicted molar refractivity (Wildman–Crippen MR) is 112 cm³/mol. The van der Waals surface area contributed by atoms with Crippen molar-refractivity contribution >= 4 is 17.3 Å². The highest BCUT2D eigenvalue weighted by Crippen LogP contribution is 2.28. The number of amides is 1. The van der Waals surface area contributed by atoms with Gasteiger partial charge in [0.2, 0.25) is 0 Å². The van der Waals surface area contributed by atoms with Crippen LogP contribution in [0, 0.1) is 10.1 Å². The average Bonchev–Trinajstić information content (AvgIpc) is 3.53. The minimum atomic E-state index is -0.416. The van der Waals surface area contributed by atoms with Crippen LogP contribution in [0.1, 0.15) is 41.6 Å². The second-order valence-corrected chi connectivity index (χ2v) is 7.94. The lowest BCUT2D eigenvalue weighted by Crippen LogP contribution is -2.41. The van der Waals surface area contributed by atoms with E-state index in [2.05, 4.69) is 27.7 Å². The summed E-state index contributed by atoms with van der Waals surface area (Å²) in [5.74, 6) is -0.242. The summed E-state index contributed by atoms with van der Waals surface area (Å²) < 4.78 is 0. The van der Waals surface area contributed by atoms with Crippen molar-refractivity contribution in [3.8, 4) is 0 Å². The zero-order valence-electron chi connectivity index (χ0n) is 16.3. The fraction of sp³-hybridized carbons (Fsp3) is 0.409. The number of carbonyl (C=O) groups excluding carboxylic acids is 1. The minimum Gasteiger partial charge on any atom is -0.375 e. The maximum absolute atomic E-state index is 12.2. The zero-order valence-corrected chi connectivity index (χ0v) is 16.3. The van der Waals surface area contributed by atoms with Gasteiger partial charge in [-0.3, -0.25) is 19.8 Å². The third-order valence-corrected chi connectivity index (χ3v) is 5.48. The highest BCUT2D eigenvalue weighted by molar-refractivity contribution is 5.96. The van der Waals surface area contributed by atoms with Crippen molar-refractivity contribution in [2.24, 2.45) is 0 Å². The fourth-order valence-electron chi connectivity index (χ4n) is 3.82. The average molecular weight is 394 g/mol. The van der Waals surface area contributed by atoms with Crippen LogP contribution >= 0.6 is 0 Å². The van der Waals surface area contributed by atoms with E-state index in [0.717, 1.165) is 45.3 Å². The van der Waals surface area contributed by atoms with Crippen molar-refractivity contribution in [3.05, 3.63) is 69.8 Å². The molecule has 1 heterocycles. The van der Waals surface area contributed by atoms with E-state index in [-0.39, 0.29) is 23.7 Å². The number of nitrogens with one attached hydrogen (secondary N) is 2. The van der Waals surface area contributed by atoms with Gasteiger partial charge in [0.25, 0.3) is 11.6 Å². The highest BCUT2D eigenvalue weighted by Gasteiger charge is 2.26. The van der Waals surface area contributed by atoms with Crippen LogP contribution in [0.15, 0.2) is 48.5 Å². The van der Waals surface area contributed by atoms with Gasteiger partial charge in [-0.15, -0.1) is 0 Å². The molecule has 7 heteroatoms. The number of likely N-dealkylation sites (tertiary alicyclic amines) is 1. The van der Waals surface area contributed by atoms with Crippen LogP contribution in [0.5, 0.6) is 0 Å². The molecule has 2 aromatic carbocycles. The van der Waals surface area contributed by atoms with Crippen molar-refractivity contribution in [1.82, 2.24) is 10.2 Å². The Balaban J connectivity index is 1.43. The monoisotopic (exact) mass is 394 g/mol. The third kappa shape index (κ3) is 5.12. The lowest BCUT2D eigenvalue weighted by molar-refractivity contribution is -0.384. The van der Waals surface area contributed by atoms with Crippen molar-refractivity contribution in [3.63, 3.8) is 0 Å². The molecule has 1 saturated carbocycles. The molecule has 1 saturated heterocycles. The van der Waals surface area contributed by atoms with Gasteiger partial charge in [-0.2, -0.15) is 0 Å². The van der Waals surface area contributed by atoms with E-state index >= 15 is 0 Å². The summed E-state index contributed by atoms with van der Waals surface area (Å²) in [6.07, 6.45) is 3.97. The largest absolute Gasteiger partial charge is 0.375 e. The van der Waals surface area contributed by atoms with Gasteiger partial charge in [0.1, 0.15) is 5.69 Å². The predicted octanol–water partition coefficient (Wildman–Crippen LogP) is 3.56. The summed E-state index contributed by atoms with van der Waals surface area (Å²) in [6.45, 7) is 2.73. The van der Waals surface area contributed by atoms with Crippen molar-refractivity contribution in [2.45, 2.75) is 44.3 Å². The molecule has 1 atom stereocenters. The quantitative estimate of drug-likeness (QED) is 0.554. The van der Waals surface area contributed by atoms with Gasteiger partial charge >= 0.3 is 0 Å². The molecular weight excluding hydrogens is 368 g/mol. The highest BCUT2D eigenvalue weighted by atomic mass is 16.6. The lowest BCUT2D eigenvalue weighted by atomic mass is 10.0. The number of anilines is 1. The van der Waals surface area contributed by atoms with Gasteiger partial charge in [-0.05, 0) is 49.9 Å². The van der Waals surface area contributed by atoms with Crippen molar-refractivity contribution < 1.29 is 9.72 Å². The molecule has 7 nitrogen and oxygen atoms in total. The first-order valence-electron chi connectivity index (χ1n) is 10.2. The first-order valence-corrected chi connectivity index (χ1v) is 10.2. The summed E-state index contributed by atoms with van der Waals surface area (Å²) in [4.78, 5) is 25.8. The molecule has 1 amide bonds. The Bertz CT molecular complexity index is 883. The SMILES string of the molecule is O=C(NC1CC1)c1ccc(NC2CCCN(Cc3ccccc3)C2)c([N+](=O)[O-])c1. The molecule has 0 radical (unpaired) electrons. The number of benzene rings is 2. The summed E-state index contributed by atoms with van der Waals surface area (Å²) in [5.41, 5.74) is 2.03. The molecule has 152 valence electrons. The first-order chi connectivity index (χ1) is 14.1. The van der Waals surface area contributed by atoms with E-state index in [1.165, 1.54) is 11.6 Å². The maximum Gasteiger partial charge on any atom is 0.293 e. The van der Waals surface area contributed by atoms with Gasteiger partial charge in [0, 0.05) is 36.8 Å². The summed E-state index contributed by atoms with van der Waals surface area (Å²) >= 11 is 0. The number of nitro benzene ring substituents is 1. The molecule has 1 aliphatic heterocycles. The van der Waals surface area contributed by atoms with Crippen LogP contribution < -0.4 is 10.6 Å². The number of hydrogen-bond donors (Lipinski definition) is 2. The van der Waals surface area contributed by atoms with E-state index in [4.69, 9.17) is 0 Å². The van der Waals surface area contributed by atoms with Gasteiger partial charge < -0.3 is 10.6 Å². The summed E-state index contributed by atoms with van der Waals surface area (Å²) in [7, 11) is 0. The molecule has 0 aromatic heterocycles. The Morgan fingerprint density at radius 3 is 2.62 bits per heavy atom. The molecule has 29 heavy (non-hydrogen) atoms. The summed E-state index contributed by atoms with van der Waals surface area (Å²) in [5, 5.41) is 17.8. The molecule has 2 fully saturated rings. The molecule has 1 unspecified atom stereocenters. The molecule has 0 spiro atoms. The van der Waals surface area contributed by atoms with E-state index in [9.17, 15) is 14.9 Å². The molecular formula is C22H26N4O3. The van der Waals surface area contributed by atoms with Crippen LogP contribution in [0.3, 0.4) is 0 Å². The maximum atomic E-state index is 12.2. The lowest BCUT2D eigenvalue weighted by Gasteiger charge is -2.33. The number of rotatable bonds is 7. The number of nitrogens with zero attached hydrogens (tertiary/aromatic N) is 2. The van der Waals surface area contributed by atoms with Crippen LogP contribution in [0.4, 0.5) is 11.4 Å². The molecule has 2 aromatic rings. The molecule has 2 N–H and O–H groups in total. The Labute approximate surface area is 170 Å². The summed E-state index contributed by atoms with van der Waals surface area (Å²) in [6, 6.07) is 15.4. The third-order valence-electron chi connectivity index (χ3n) is 5.48. The Morgan fingerprint density at radius 1 is 1.10 bits per heavy atom. The number of nitro groups is 1. The van der Waals surface area contributed by atoms with E-state index in [1.54, 1.807) is 12.1 Å². The van der Waals surface area contributed by atoms with Gasteiger partial charge in [0.15, 0.2) is 0 Å². The van der Waals surface area contributed by atoms with E-state index < -0.39 is 4.92 Å². The number of hydrogen-bond acceptors (Lipinski definition) is 5. The Morgan fingerprint density at radius 2 is 1.90 bits per heavy atom. The minimum absolute atomic E-state index is 0.0476.